The van der Waals surface area contributed by atoms with E-state index >= 15 is 0 Å². The van der Waals surface area contributed by atoms with Crippen molar-refractivity contribution in [3.63, 3.8) is 0 Å². The molecule has 0 heterocycles. The molecule has 1 N–H and O–H groups in total. The van der Waals surface area contributed by atoms with E-state index in [-0.39, 0.29) is 24.5 Å². The number of esters is 1. The number of ether oxygens (including phenoxy) is 1. The fourth-order valence-electron chi connectivity index (χ4n) is 2.88. The lowest BCUT2D eigenvalue weighted by Crippen LogP contribution is -2.42. The fourth-order valence-corrected chi connectivity index (χ4v) is 3.72. The van der Waals surface area contributed by atoms with E-state index in [1.54, 1.807) is 11.8 Å². The van der Waals surface area contributed by atoms with Gasteiger partial charge < -0.3 is 10.1 Å². The van der Waals surface area contributed by atoms with Crippen LogP contribution in [0.15, 0.2) is 29.2 Å². The van der Waals surface area contributed by atoms with Crippen molar-refractivity contribution in [2.45, 2.75) is 56.9 Å². The largest absolute Gasteiger partial charge is 0.456 e. The summed E-state index contributed by atoms with van der Waals surface area (Å²) >= 11 is 1.62. The number of nitrogens with one attached hydrogen (secondary N) is 1. The number of hydrogen-bond donors (Lipinski definition) is 1. The molecule has 5 heteroatoms. The Balaban J connectivity index is 1.60. The van der Waals surface area contributed by atoms with Crippen LogP contribution in [0.2, 0.25) is 0 Å². The molecule has 1 fully saturated rings. The van der Waals surface area contributed by atoms with Gasteiger partial charge >= 0.3 is 5.97 Å². The van der Waals surface area contributed by atoms with Gasteiger partial charge in [0, 0.05) is 16.7 Å². The van der Waals surface area contributed by atoms with E-state index in [0.29, 0.717) is 18.1 Å². The van der Waals surface area contributed by atoms with Crippen molar-refractivity contribution < 1.29 is 14.3 Å². The topological polar surface area (TPSA) is 55.4 Å². The van der Waals surface area contributed by atoms with Crippen molar-refractivity contribution in [3.05, 3.63) is 29.8 Å². The second-order valence-corrected chi connectivity index (χ2v) is 7.68. The van der Waals surface area contributed by atoms with Crippen LogP contribution in [0.5, 0.6) is 0 Å². The Morgan fingerprint density at radius 1 is 1.21 bits per heavy atom. The summed E-state index contributed by atoms with van der Waals surface area (Å²) in [4.78, 5) is 24.8. The summed E-state index contributed by atoms with van der Waals surface area (Å²) in [6, 6.07) is 8.42. The van der Waals surface area contributed by atoms with Crippen LogP contribution in [0.1, 0.15) is 44.6 Å². The summed E-state index contributed by atoms with van der Waals surface area (Å²) < 4.78 is 5.07. The molecule has 1 aliphatic rings. The van der Waals surface area contributed by atoms with Gasteiger partial charge in [-0.1, -0.05) is 37.5 Å². The van der Waals surface area contributed by atoms with Crippen LogP contribution < -0.4 is 5.32 Å². The molecule has 2 atom stereocenters. The van der Waals surface area contributed by atoms with Crippen LogP contribution in [0.25, 0.3) is 0 Å². The van der Waals surface area contributed by atoms with Gasteiger partial charge in [0.15, 0.2) is 6.61 Å². The van der Waals surface area contributed by atoms with E-state index in [0.717, 1.165) is 24.2 Å². The van der Waals surface area contributed by atoms with E-state index in [4.69, 9.17) is 4.74 Å². The number of carbonyl (C=O) groups is 2. The summed E-state index contributed by atoms with van der Waals surface area (Å²) in [7, 11) is 0. The van der Waals surface area contributed by atoms with Gasteiger partial charge in [-0.15, -0.1) is 11.8 Å². The van der Waals surface area contributed by atoms with Gasteiger partial charge in [0.1, 0.15) is 0 Å². The predicted molar refractivity (Wildman–Crippen MR) is 97.0 cm³/mol. The predicted octanol–water partition coefficient (Wildman–Crippen LogP) is 3.72. The molecule has 0 bridgehead atoms. The molecular weight excluding hydrogens is 322 g/mol. The first kappa shape index (κ1) is 18.8. The van der Waals surface area contributed by atoms with Gasteiger partial charge in [0.2, 0.25) is 0 Å². The minimum Gasteiger partial charge on any atom is -0.456 e. The molecule has 1 saturated carbocycles. The van der Waals surface area contributed by atoms with Gasteiger partial charge in [0.25, 0.3) is 5.91 Å². The lowest BCUT2D eigenvalue weighted by molar-refractivity contribution is -0.148. The standard InChI is InChI=1S/C19H27NO3S/c1-14-7-9-16(10-8-14)24-12-11-19(22)23-13-18(21)20-17-6-4-3-5-15(17)2/h7-10,15,17H,3-6,11-13H2,1-2H3,(H,20,21)/t15-,17-/m1/s1. The van der Waals surface area contributed by atoms with Crippen molar-refractivity contribution in [2.24, 2.45) is 5.92 Å². The normalized spacial score (nSPS) is 20.4. The highest BCUT2D eigenvalue weighted by molar-refractivity contribution is 7.99. The number of rotatable bonds is 7. The summed E-state index contributed by atoms with van der Waals surface area (Å²) in [5, 5.41) is 2.99. The van der Waals surface area contributed by atoms with E-state index < -0.39 is 0 Å². The molecule has 1 aromatic carbocycles. The average molecular weight is 349 g/mol. The third-order valence-electron chi connectivity index (χ3n) is 4.42. The van der Waals surface area contributed by atoms with Crippen molar-refractivity contribution in [1.82, 2.24) is 5.32 Å². The smallest absolute Gasteiger partial charge is 0.307 e. The summed E-state index contributed by atoms with van der Waals surface area (Å²) in [5.41, 5.74) is 1.22. The summed E-state index contributed by atoms with van der Waals surface area (Å²) in [6.45, 7) is 4.04. The highest BCUT2D eigenvalue weighted by Crippen LogP contribution is 2.23. The van der Waals surface area contributed by atoms with Crippen LogP contribution >= 0.6 is 11.8 Å². The molecule has 1 aliphatic carbocycles. The number of thioether (sulfide) groups is 1. The highest BCUT2D eigenvalue weighted by atomic mass is 32.2. The molecule has 132 valence electrons. The second kappa shape index (κ2) is 9.72. The van der Waals surface area contributed by atoms with E-state index in [1.165, 1.54) is 12.0 Å². The quantitative estimate of drug-likeness (QED) is 0.602. The third-order valence-corrected chi connectivity index (χ3v) is 5.43. The Kier molecular flexibility index (Phi) is 7.63. The van der Waals surface area contributed by atoms with Gasteiger partial charge in [-0.05, 0) is 37.8 Å². The zero-order valence-electron chi connectivity index (χ0n) is 14.5. The first-order valence-electron chi connectivity index (χ1n) is 8.69. The number of aryl methyl sites for hydroxylation is 1. The maximum absolute atomic E-state index is 11.9. The number of hydrogen-bond acceptors (Lipinski definition) is 4. The van der Waals surface area contributed by atoms with Crippen LogP contribution in [-0.4, -0.2) is 30.3 Å². The van der Waals surface area contributed by atoms with Crippen molar-refractivity contribution in [1.29, 1.82) is 0 Å². The molecule has 1 amide bonds. The fraction of sp³-hybridized carbons (Fsp3) is 0.579. The maximum atomic E-state index is 11.9. The average Bonchev–Trinajstić information content (AvgIpc) is 2.57. The first-order chi connectivity index (χ1) is 11.5. The summed E-state index contributed by atoms with van der Waals surface area (Å²) in [5.74, 6) is 0.655. The molecule has 0 radical (unpaired) electrons. The number of carbonyl (C=O) groups excluding carboxylic acids is 2. The number of benzene rings is 1. The SMILES string of the molecule is Cc1ccc(SCCC(=O)OCC(=O)N[C@@H]2CCCC[C@H]2C)cc1. The Hall–Kier alpha value is -1.49. The van der Waals surface area contributed by atoms with Crippen molar-refractivity contribution in [3.8, 4) is 0 Å². The minimum absolute atomic E-state index is 0.169. The monoisotopic (exact) mass is 349 g/mol. The van der Waals surface area contributed by atoms with Gasteiger partial charge in [-0.3, -0.25) is 9.59 Å². The third kappa shape index (κ3) is 6.56. The van der Waals surface area contributed by atoms with Crippen molar-refractivity contribution >= 4 is 23.6 Å². The Morgan fingerprint density at radius 2 is 1.92 bits per heavy atom. The van der Waals surface area contributed by atoms with E-state index in [9.17, 15) is 9.59 Å². The molecule has 0 aliphatic heterocycles. The second-order valence-electron chi connectivity index (χ2n) is 6.51. The lowest BCUT2D eigenvalue weighted by atomic mass is 9.86. The van der Waals surface area contributed by atoms with Crippen LogP contribution in [-0.2, 0) is 14.3 Å². The molecular formula is C19H27NO3S. The van der Waals surface area contributed by atoms with Gasteiger partial charge in [-0.2, -0.15) is 0 Å². The first-order valence-corrected chi connectivity index (χ1v) is 9.67. The zero-order valence-corrected chi connectivity index (χ0v) is 15.4. The van der Waals surface area contributed by atoms with Gasteiger partial charge in [0.05, 0.1) is 6.42 Å². The lowest BCUT2D eigenvalue weighted by Gasteiger charge is -2.29. The van der Waals surface area contributed by atoms with Crippen LogP contribution in [0.4, 0.5) is 0 Å². The molecule has 0 saturated heterocycles. The maximum Gasteiger partial charge on any atom is 0.307 e. The molecule has 4 nitrogen and oxygen atoms in total. The number of amides is 1. The Bertz CT molecular complexity index is 544. The summed E-state index contributed by atoms with van der Waals surface area (Å²) in [6.07, 6.45) is 4.88. The van der Waals surface area contributed by atoms with E-state index in [1.807, 2.05) is 19.1 Å². The molecule has 1 aromatic rings. The van der Waals surface area contributed by atoms with Crippen molar-refractivity contribution in [2.75, 3.05) is 12.4 Å². The Labute approximate surface area is 148 Å². The Morgan fingerprint density at radius 3 is 2.62 bits per heavy atom. The molecule has 2 rings (SSSR count). The molecule has 24 heavy (non-hydrogen) atoms. The van der Waals surface area contributed by atoms with E-state index in [2.05, 4.69) is 24.4 Å². The highest BCUT2D eigenvalue weighted by Gasteiger charge is 2.23. The van der Waals surface area contributed by atoms with Crippen LogP contribution in [0, 0.1) is 12.8 Å². The molecule has 0 unspecified atom stereocenters. The minimum atomic E-state index is -0.318. The zero-order chi connectivity index (χ0) is 17.4. The molecule has 0 spiro atoms. The molecule has 0 aromatic heterocycles. The van der Waals surface area contributed by atoms with Crippen LogP contribution in [0.3, 0.4) is 0 Å². The van der Waals surface area contributed by atoms with Gasteiger partial charge in [-0.25, -0.2) is 0 Å².